The SMILES string of the molecule is CC(CC(N)=O)NS(=O)(=O)c1cccc(C(F)(F)F)c1. The maximum atomic E-state index is 12.5. The Hall–Kier alpha value is -1.61. The van der Waals surface area contributed by atoms with Gasteiger partial charge in [-0.25, -0.2) is 13.1 Å². The summed E-state index contributed by atoms with van der Waals surface area (Å²) >= 11 is 0. The molecule has 0 spiro atoms. The number of hydrogen-bond acceptors (Lipinski definition) is 3. The van der Waals surface area contributed by atoms with E-state index in [1.165, 1.54) is 6.92 Å². The molecule has 0 fully saturated rings. The summed E-state index contributed by atoms with van der Waals surface area (Å²) in [5.74, 6) is -0.718. The van der Waals surface area contributed by atoms with Crippen molar-refractivity contribution in [1.82, 2.24) is 4.72 Å². The molecule has 0 aromatic heterocycles. The Morgan fingerprint density at radius 2 is 2.00 bits per heavy atom. The van der Waals surface area contributed by atoms with Gasteiger partial charge in [-0.1, -0.05) is 6.07 Å². The minimum absolute atomic E-state index is 0.252. The number of primary amides is 1. The van der Waals surface area contributed by atoms with E-state index in [0.29, 0.717) is 6.07 Å². The Balaban J connectivity index is 3.02. The molecule has 9 heteroatoms. The number of carbonyl (C=O) groups excluding carboxylic acids is 1. The van der Waals surface area contributed by atoms with E-state index in [-0.39, 0.29) is 6.42 Å². The summed E-state index contributed by atoms with van der Waals surface area (Å²) in [4.78, 5) is 10.1. The van der Waals surface area contributed by atoms with Crippen molar-refractivity contribution in [2.75, 3.05) is 0 Å². The van der Waals surface area contributed by atoms with Crippen LogP contribution in [0.1, 0.15) is 18.9 Å². The Kier molecular flexibility index (Phi) is 4.77. The molecule has 20 heavy (non-hydrogen) atoms. The van der Waals surface area contributed by atoms with Crippen LogP contribution in [-0.2, 0) is 21.0 Å². The van der Waals surface area contributed by atoms with Gasteiger partial charge in [0.2, 0.25) is 15.9 Å². The lowest BCUT2D eigenvalue weighted by molar-refractivity contribution is -0.137. The predicted octanol–water partition coefficient (Wildman–Crippen LogP) is 1.25. The lowest BCUT2D eigenvalue weighted by Crippen LogP contribution is -2.35. The minimum atomic E-state index is -4.63. The summed E-state index contributed by atoms with van der Waals surface area (Å²) < 4.78 is 63.4. The van der Waals surface area contributed by atoms with Gasteiger partial charge in [0.25, 0.3) is 0 Å². The number of sulfonamides is 1. The van der Waals surface area contributed by atoms with Crippen LogP contribution in [0, 0.1) is 0 Å². The van der Waals surface area contributed by atoms with E-state index in [9.17, 15) is 26.4 Å². The van der Waals surface area contributed by atoms with Crippen molar-refractivity contribution in [2.24, 2.45) is 5.73 Å². The highest BCUT2D eigenvalue weighted by Crippen LogP contribution is 2.30. The summed E-state index contributed by atoms with van der Waals surface area (Å²) in [6.45, 7) is 1.38. The van der Waals surface area contributed by atoms with Gasteiger partial charge >= 0.3 is 6.18 Å². The van der Waals surface area contributed by atoms with Crippen molar-refractivity contribution in [3.63, 3.8) is 0 Å². The average molecular weight is 310 g/mol. The molecule has 5 nitrogen and oxygen atoms in total. The first-order valence-corrected chi connectivity index (χ1v) is 6.98. The van der Waals surface area contributed by atoms with E-state index in [0.717, 1.165) is 18.2 Å². The molecule has 0 bridgehead atoms. The first-order chi connectivity index (χ1) is 9.02. The Bertz CT molecular complexity index is 599. The molecule has 0 aliphatic rings. The number of nitrogens with one attached hydrogen (secondary N) is 1. The Morgan fingerprint density at radius 1 is 1.40 bits per heavy atom. The number of rotatable bonds is 5. The van der Waals surface area contributed by atoms with Crippen LogP contribution in [0.3, 0.4) is 0 Å². The molecular weight excluding hydrogens is 297 g/mol. The van der Waals surface area contributed by atoms with Gasteiger partial charge in [-0.15, -0.1) is 0 Å². The molecule has 0 heterocycles. The number of amides is 1. The quantitative estimate of drug-likeness (QED) is 0.857. The summed E-state index contributed by atoms with van der Waals surface area (Å²) in [5, 5.41) is 0. The van der Waals surface area contributed by atoms with E-state index < -0.39 is 38.6 Å². The molecule has 0 aliphatic carbocycles. The van der Waals surface area contributed by atoms with Crippen LogP contribution in [0.25, 0.3) is 0 Å². The monoisotopic (exact) mass is 310 g/mol. The van der Waals surface area contributed by atoms with Crippen molar-refractivity contribution < 1.29 is 26.4 Å². The maximum absolute atomic E-state index is 12.5. The molecular formula is C11H13F3N2O3S. The highest BCUT2D eigenvalue weighted by molar-refractivity contribution is 7.89. The summed E-state index contributed by atoms with van der Waals surface area (Å²) in [6, 6.07) is 2.52. The normalized spacial score (nSPS) is 14.0. The number of hydrogen-bond donors (Lipinski definition) is 2. The number of benzene rings is 1. The number of carbonyl (C=O) groups is 1. The third kappa shape index (κ3) is 4.49. The summed E-state index contributed by atoms with van der Waals surface area (Å²) in [5.41, 5.74) is 3.84. The molecule has 1 unspecified atom stereocenters. The molecule has 3 N–H and O–H groups in total. The third-order valence-corrected chi connectivity index (χ3v) is 3.92. The second-order valence-corrected chi connectivity index (χ2v) is 5.93. The first kappa shape index (κ1) is 16.4. The van der Waals surface area contributed by atoms with Gasteiger partial charge in [0.05, 0.1) is 10.5 Å². The van der Waals surface area contributed by atoms with E-state index >= 15 is 0 Å². The van der Waals surface area contributed by atoms with Gasteiger partial charge in [-0.05, 0) is 25.1 Å². The van der Waals surface area contributed by atoms with Gasteiger partial charge < -0.3 is 5.73 Å². The highest BCUT2D eigenvalue weighted by atomic mass is 32.2. The summed E-state index contributed by atoms with van der Waals surface area (Å²) in [7, 11) is -4.15. The Morgan fingerprint density at radius 3 is 2.50 bits per heavy atom. The molecule has 112 valence electrons. The Labute approximate surface area is 114 Å². The van der Waals surface area contributed by atoms with Gasteiger partial charge in [0, 0.05) is 12.5 Å². The van der Waals surface area contributed by atoms with Crippen LogP contribution in [0.15, 0.2) is 29.2 Å². The second-order valence-electron chi connectivity index (χ2n) is 4.22. The van der Waals surface area contributed by atoms with Gasteiger partial charge in [0.15, 0.2) is 0 Å². The molecule has 1 amide bonds. The van der Waals surface area contributed by atoms with Crippen molar-refractivity contribution in [3.05, 3.63) is 29.8 Å². The number of alkyl halides is 3. The number of halogens is 3. The summed E-state index contributed by atoms with van der Waals surface area (Å²) in [6.07, 6.45) is -4.89. The van der Waals surface area contributed by atoms with Crippen LogP contribution < -0.4 is 10.5 Å². The van der Waals surface area contributed by atoms with Crippen molar-refractivity contribution in [2.45, 2.75) is 30.5 Å². The number of nitrogens with two attached hydrogens (primary N) is 1. The predicted molar refractivity (Wildman–Crippen MR) is 65.0 cm³/mol. The maximum Gasteiger partial charge on any atom is 0.416 e. The molecule has 0 radical (unpaired) electrons. The van der Waals surface area contributed by atoms with Crippen LogP contribution in [0.5, 0.6) is 0 Å². The fourth-order valence-corrected chi connectivity index (χ4v) is 2.80. The first-order valence-electron chi connectivity index (χ1n) is 5.50. The average Bonchev–Trinajstić information content (AvgIpc) is 2.26. The standard InChI is InChI=1S/C11H13F3N2O3S/c1-7(5-10(15)17)16-20(18,19)9-4-2-3-8(6-9)11(12,13)14/h2-4,6-7,16H,5H2,1H3,(H2,15,17). The van der Waals surface area contributed by atoms with Gasteiger partial charge in [-0.3, -0.25) is 4.79 Å². The van der Waals surface area contributed by atoms with Crippen LogP contribution in [-0.4, -0.2) is 20.4 Å². The molecule has 1 aromatic rings. The van der Waals surface area contributed by atoms with Crippen LogP contribution >= 0.6 is 0 Å². The van der Waals surface area contributed by atoms with Crippen LogP contribution in [0.4, 0.5) is 13.2 Å². The van der Waals surface area contributed by atoms with E-state index in [4.69, 9.17) is 5.73 Å². The van der Waals surface area contributed by atoms with E-state index in [2.05, 4.69) is 4.72 Å². The third-order valence-electron chi connectivity index (χ3n) is 2.34. The fourth-order valence-electron chi connectivity index (χ4n) is 1.52. The van der Waals surface area contributed by atoms with E-state index in [1.807, 2.05) is 0 Å². The molecule has 1 aromatic carbocycles. The zero-order valence-electron chi connectivity index (χ0n) is 10.4. The lowest BCUT2D eigenvalue weighted by atomic mass is 10.2. The largest absolute Gasteiger partial charge is 0.416 e. The van der Waals surface area contributed by atoms with Crippen molar-refractivity contribution in [3.8, 4) is 0 Å². The molecule has 0 saturated carbocycles. The molecule has 0 aliphatic heterocycles. The fraction of sp³-hybridized carbons (Fsp3) is 0.364. The minimum Gasteiger partial charge on any atom is -0.370 e. The van der Waals surface area contributed by atoms with Crippen molar-refractivity contribution >= 4 is 15.9 Å². The molecule has 0 saturated heterocycles. The van der Waals surface area contributed by atoms with Crippen molar-refractivity contribution in [1.29, 1.82) is 0 Å². The lowest BCUT2D eigenvalue weighted by Gasteiger charge is -2.14. The zero-order valence-corrected chi connectivity index (χ0v) is 11.3. The van der Waals surface area contributed by atoms with E-state index in [1.54, 1.807) is 0 Å². The smallest absolute Gasteiger partial charge is 0.370 e. The topological polar surface area (TPSA) is 89.3 Å². The molecule has 1 rings (SSSR count). The zero-order chi connectivity index (χ0) is 15.6. The molecule has 1 atom stereocenters. The highest BCUT2D eigenvalue weighted by Gasteiger charge is 2.31. The van der Waals surface area contributed by atoms with Crippen LogP contribution in [0.2, 0.25) is 0 Å². The van der Waals surface area contributed by atoms with Gasteiger partial charge in [0.1, 0.15) is 0 Å². The van der Waals surface area contributed by atoms with Gasteiger partial charge in [-0.2, -0.15) is 13.2 Å². The second kappa shape index (κ2) is 5.80.